The highest BCUT2D eigenvalue weighted by Crippen LogP contribution is 2.44. The van der Waals surface area contributed by atoms with Crippen LogP contribution in [0.1, 0.15) is 162 Å². The Morgan fingerprint density at radius 1 is 0.364 bits per heavy atom. The van der Waals surface area contributed by atoms with Crippen molar-refractivity contribution in [3.8, 4) is 23.0 Å². The molecule has 244 valence electrons. The summed E-state index contributed by atoms with van der Waals surface area (Å²) in [5, 5.41) is 0. The van der Waals surface area contributed by atoms with Crippen LogP contribution in [0.15, 0.2) is 24.3 Å². The van der Waals surface area contributed by atoms with Crippen LogP contribution in [0.25, 0.3) is 0 Å². The van der Waals surface area contributed by atoms with Crippen molar-refractivity contribution in [1.82, 2.24) is 0 Å². The first-order valence-electron chi connectivity index (χ1n) is 17.5. The molecule has 0 N–H and O–H groups in total. The SMILES string of the molecule is CCCCCCOc1ccc(OCCCCCC)c2c1C(=O)c1c(OCCCCCC)ccc(OCCCCCC)c1C2=O. The van der Waals surface area contributed by atoms with Gasteiger partial charge in [-0.05, 0) is 49.9 Å². The van der Waals surface area contributed by atoms with Crippen LogP contribution in [0.4, 0.5) is 0 Å². The van der Waals surface area contributed by atoms with E-state index in [1.165, 1.54) is 0 Å². The second-order valence-electron chi connectivity index (χ2n) is 11.9. The van der Waals surface area contributed by atoms with Gasteiger partial charge in [0.2, 0.25) is 11.6 Å². The molecule has 44 heavy (non-hydrogen) atoms. The standard InChI is InChI=1S/C38H56O6/c1-5-9-13-17-25-41-29-21-22-30(42-26-18-14-10-6-2)34-33(29)37(39)35-31(43-27-19-15-11-7-3)23-24-32(36(35)38(34)40)44-28-20-16-12-8-4/h21-24H,5-20,25-28H2,1-4H3. The summed E-state index contributed by atoms with van der Waals surface area (Å²) < 4.78 is 24.8. The molecule has 0 aromatic heterocycles. The first-order valence-corrected chi connectivity index (χ1v) is 17.5. The fourth-order valence-corrected chi connectivity index (χ4v) is 5.61. The normalized spacial score (nSPS) is 12.2. The predicted molar refractivity (Wildman–Crippen MR) is 178 cm³/mol. The molecule has 0 radical (unpaired) electrons. The zero-order chi connectivity index (χ0) is 31.6. The number of hydrogen-bond donors (Lipinski definition) is 0. The minimum absolute atomic E-state index is 0.269. The van der Waals surface area contributed by atoms with Gasteiger partial charge in [-0.15, -0.1) is 0 Å². The third-order valence-electron chi connectivity index (χ3n) is 8.19. The molecule has 1 aliphatic rings. The molecule has 0 spiro atoms. The van der Waals surface area contributed by atoms with E-state index >= 15 is 0 Å². The van der Waals surface area contributed by atoms with Crippen LogP contribution in [-0.2, 0) is 0 Å². The van der Waals surface area contributed by atoms with Crippen molar-refractivity contribution in [3.63, 3.8) is 0 Å². The van der Waals surface area contributed by atoms with E-state index in [1.54, 1.807) is 24.3 Å². The number of ether oxygens (including phenoxy) is 4. The monoisotopic (exact) mass is 608 g/mol. The van der Waals surface area contributed by atoms with Crippen LogP contribution in [0.2, 0.25) is 0 Å². The molecule has 2 aromatic rings. The van der Waals surface area contributed by atoms with Gasteiger partial charge >= 0.3 is 0 Å². The fourth-order valence-electron chi connectivity index (χ4n) is 5.61. The Balaban J connectivity index is 2.01. The zero-order valence-electron chi connectivity index (χ0n) is 27.9. The van der Waals surface area contributed by atoms with Gasteiger partial charge in [-0.3, -0.25) is 9.59 Å². The van der Waals surface area contributed by atoms with Gasteiger partial charge in [0.05, 0.1) is 48.7 Å². The van der Waals surface area contributed by atoms with Gasteiger partial charge in [-0.25, -0.2) is 0 Å². The summed E-state index contributed by atoms with van der Waals surface area (Å²) in [6.07, 6.45) is 16.9. The van der Waals surface area contributed by atoms with Gasteiger partial charge in [0.1, 0.15) is 23.0 Å². The quantitative estimate of drug-likeness (QED) is 0.0942. The van der Waals surface area contributed by atoms with E-state index in [0.29, 0.717) is 49.4 Å². The average Bonchev–Trinajstić information content (AvgIpc) is 3.03. The van der Waals surface area contributed by atoms with Crippen molar-refractivity contribution >= 4 is 11.6 Å². The van der Waals surface area contributed by atoms with Crippen LogP contribution in [-0.4, -0.2) is 38.0 Å². The molecule has 3 rings (SSSR count). The minimum atomic E-state index is -0.269. The first-order chi connectivity index (χ1) is 21.6. The molecule has 0 amide bonds. The second-order valence-corrected chi connectivity index (χ2v) is 11.9. The highest BCUT2D eigenvalue weighted by atomic mass is 16.5. The third-order valence-corrected chi connectivity index (χ3v) is 8.19. The van der Waals surface area contributed by atoms with Gasteiger partial charge in [-0.1, -0.05) is 105 Å². The molecule has 0 heterocycles. The summed E-state index contributed by atoms with van der Waals surface area (Å²) in [6, 6.07) is 7.15. The van der Waals surface area contributed by atoms with Crippen molar-refractivity contribution in [2.75, 3.05) is 26.4 Å². The molecule has 0 fully saturated rings. The van der Waals surface area contributed by atoms with Gasteiger partial charge in [-0.2, -0.15) is 0 Å². The Kier molecular flexibility index (Phi) is 16.2. The maximum Gasteiger partial charge on any atom is 0.202 e. The maximum absolute atomic E-state index is 14.5. The molecule has 0 unspecified atom stereocenters. The number of rotatable bonds is 24. The summed E-state index contributed by atoms with van der Waals surface area (Å²) in [7, 11) is 0. The third kappa shape index (κ3) is 10.0. The largest absolute Gasteiger partial charge is 0.493 e. The van der Waals surface area contributed by atoms with Crippen molar-refractivity contribution < 1.29 is 28.5 Å². The highest BCUT2D eigenvalue weighted by Gasteiger charge is 2.40. The molecule has 1 aliphatic carbocycles. The number of carbonyl (C=O) groups excluding carboxylic acids is 2. The lowest BCUT2D eigenvalue weighted by Crippen LogP contribution is -2.25. The summed E-state index contributed by atoms with van der Waals surface area (Å²) in [5.41, 5.74) is 1.11. The van der Waals surface area contributed by atoms with Gasteiger partial charge < -0.3 is 18.9 Å². The molecular formula is C38H56O6. The molecule has 6 nitrogen and oxygen atoms in total. The van der Waals surface area contributed by atoms with E-state index in [9.17, 15) is 9.59 Å². The van der Waals surface area contributed by atoms with E-state index < -0.39 is 0 Å². The summed E-state index contributed by atoms with van der Waals surface area (Å²) in [5.74, 6) is 1.18. The average molecular weight is 609 g/mol. The number of hydrogen-bond acceptors (Lipinski definition) is 6. The maximum atomic E-state index is 14.5. The predicted octanol–water partition coefficient (Wildman–Crippen LogP) is 10.3. The van der Waals surface area contributed by atoms with Crippen molar-refractivity contribution in [1.29, 1.82) is 0 Å². The number of ketones is 2. The Morgan fingerprint density at radius 2 is 0.591 bits per heavy atom. The number of carbonyl (C=O) groups is 2. The lowest BCUT2D eigenvalue weighted by molar-refractivity contribution is 0.0964. The van der Waals surface area contributed by atoms with Crippen molar-refractivity contribution in [2.24, 2.45) is 0 Å². The number of unbranched alkanes of at least 4 members (excludes halogenated alkanes) is 12. The molecule has 6 heteroatoms. The summed E-state index contributed by atoms with van der Waals surface area (Å²) >= 11 is 0. The lowest BCUT2D eigenvalue weighted by Gasteiger charge is -2.26. The topological polar surface area (TPSA) is 71.1 Å². The van der Waals surface area contributed by atoms with Crippen LogP contribution < -0.4 is 18.9 Å². The number of benzene rings is 2. The van der Waals surface area contributed by atoms with Crippen LogP contribution >= 0.6 is 0 Å². The molecule has 0 atom stereocenters. The van der Waals surface area contributed by atoms with Crippen molar-refractivity contribution in [3.05, 3.63) is 46.5 Å². The Bertz CT molecular complexity index is 993. The Labute approximate surface area is 266 Å². The second kappa shape index (κ2) is 20.1. The fraction of sp³-hybridized carbons (Fsp3) is 0.632. The minimum Gasteiger partial charge on any atom is -0.493 e. The zero-order valence-corrected chi connectivity index (χ0v) is 27.9. The van der Waals surface area contributed by atoms with Crippen LogP contribution in [0.5, 0.6) is 23.0 Å². The summed E-state index contributed by atoms with van der Waals surface area (Å²) in [4.78, 5) is 29.0. The molecule has 0 bridgehead atoms. The van der Waals surface area contributed by atoms with Crippen LogP contribution in [0, 0.1) is 0 Å². The molecule has 0 aliphatic heterocycles. The van der Waals surface area contributed by atoms with E-state index in [2.05, 4.69) is 27.7 Å². The van der Waals surface area contributed by atoms with Gasteiger partial charge in [0.25, 0.3) is 0 Å². The first kappa shape index (κ1) is 35.5. The summed E-state index contributed by atoms with van der Waals surface area (Å²) in [6.45, 7) is 10.6. The van der Waals surface area contributed by atoms with Gasteiger partial charge in [0.15, 0.2) is 0 Å². The molecular weight excluding hydrogens is 552 g/mol. The lowest BCUT2D eigenvalue weighted by atomic mass is 9.82. The van der Waals surface area contributed by atoms with E-state index in [-0.39, 0.29) is 33.8 Å². The van der Waals surface area contributed by atoms with Crippen LogP contribution in [0.3, 0.4) is 0 Å². The van der Waals surface area contributed by atoms with E-state index in [4.69, 9.17) is 18.9 Å². The number of fused-ring (bicyclic) bond motifs is 2. The van der Waals surface area contributed by atoms with E-state index in [1.807, 2.05) is 0 Å². The highest BCUT2D eigenvalue weighted by molar-refractivity contribution is 6.32. The Hall–Kier alpha value is -3.02. The molecule has 2 aromatic carbocycles. The van der Waals surface area contributed by atoms with Gasteiger partial charge in [0, 0.05) is 0 Å². The smallest absolute Gasteiger partial charge is 0.202 e. The Morgan fingerprint density at radius 3 is 0.795 bits per heavy atom. The van der Waals surface area contributed by atoms with E-state index in [0.717, 1.165) is 103 Å². The molecule has 0 saturated heterocycles. The molecule has 0 saturated carbocycles. The van der Waals surface area contributed by atoms with Crippen molar-refractivity contribution in [2.45, 2.75) is 130 Å².